The third-order valence-corrected chi connectivity index (χ3v) is 5.55. The van der Waals surface area contributed by atoms with E-state index in [1.807, 2.05) is 26.1 Å². The average Bonchev–Trinajstić information content (AvgIpc) is 3.31. The van der Waals surface area contributed by atoms with Crippen molar-refractivity contribution in [3.05, 3.63) is 23.7 Å². The lowest BCUT2D eigenvalue weighted by molar-refractivity contribution is -0.0164. The van der Waals surface area contributed by atoms with Gasteiger partial charge in [-0.2, -0.15) is 0 Å². The molecule has 2 N–H and O–H groups in total. The number of nitrogens with one attached hydrogen (secondary N) is 2. The average molecular weight is 348 g/mol. The highest BCUT2D eigenvalue weighted by molar-refractivity contribution is 5.80. The molecule has 2 fully saturated rings. The minimum atomic E-state index is 0.0809. The van der Waals surface area contributed by atoms with Gasteiger partial charge in [0, 0.05) is 32.3 Å². The SMILES string of the molecule is CN=C(NCC1(N2CCCC2)CCOCC1)NC(C)c1ccc(C)o1. The smallest absolute Gasteiger partial charge is 0.191 e. The normalized spacial score (nSPS) is 22.8. The van der Waals surface area contributed by atoms with Gasteiger partial charge in [0.15, 0.2) is 5.96 Å². The van der Waals surface area contributed by atoms with Gasteiger partial charge < -0.3 is 19.8 Å². The van der Waals surface area contributed by atoms with Crippen LogP contribution in [0.15, 0.2) is 21.5 Å². The Bertz CT molecular complexity index is 572. The molecule has 0 amide bonds. The molecule has 6 heteroatoms. The maximum Gasteiger partial charge on any atom is 0.191 e. The molecule has 0 bridgehead atoms. The third-order valence-electron chi connectivity index (χ3n) is 5.55. The van der Waals surface area contributed by atoms with Gasteiger partial charge in [0.1, 0.15) is 11.5 Å². The molecule has 0 aromatic carbocycles. The van der Waals surface area contributed by atoms with E-state index in [-0.39, 0.29) is 11.6 Å². The fourth-order valence-corrected chi connectivity index (χ4v) is 3.95. The molecule has 2 aliphatic heterocycles. The molecule has 0 radical (unpaired) electrons. The first-order chi connectivity index (χ1) is 12.1. The fraction of sp³-hybridized carbons (Fsp3) is 0.737. The monoisotopic (exact) mass is 348 g/mol. The first-order valence-electron chi connectivity index (χ1n) is 9.49. The van der Waals surface area contributed by atoms with Crippen LogP contribution < -0.4 is 10.6 Å². The summed E-state index contributed by atoms with van der Waals surface area (Å²) in [5.41, 5.74) is 0.191. The maximum atomic E-state index is 5.72. The Morgan fingerprint density at radius 3 is 2.60 bits per heavy atom. The van der Waals surface area contributed by atoms with E-state index in [9.17, 15) is 0 Å². The third kappa shape index (κ3) is 4.36. The van der Waals surface area contributed by atoms with Crippen LogP contribution in [0.1, 0.15) is 50.2 Å². The zero-order chi connectivity index (χ0) is 17.7. The lowest BCUT2D eigenvalue weighted by Crippen LogP contribution is -2.58. The van der Waals surface area contributed by atoms with E-state index in [4.69, 9.17) is 9.15 Å². The number of likely N-dealkylation sites (tertiary alicyclic amines) is 1. The van der Waals surface area contributed by atoms with Gasteiger partial charge in [-0.1, -0.05) is 0 Å². The summed E-state index contributed by atoms with van der Waals surface area (Å²) in [6, 6.07) is 4.09. The fourth-order valence-electron chi connectivity index (χ4n) is 3.95. The summed E-state index contributed by atoms with van der Waals surface area (Å²) in [5.74, 6) is 2.69. The number of guanidine groups is 1. The quantitative estimate of drug-likeness (QED) is 0.632. The molecule has 1 unspecified atom stereocenters. The van der Waals surface area contributed by atoms with Gasteiger partial charge in [-0.15, -0.1) is 0 Å². The topological polar surface area (TPSA) is 62.0 Å². The molecule has 1 aromatic heterocycles. The van der Waals surface area contributed by atoms with E-state index in [0.29, 0.717) is 0 Å². The Kier molecular flexibility index (Phi) is 6.02. The summed E-state index contributed by atoms with van der Waals surface area (Å²) in [4.78, 5) is 7.07. The van der Waals surface area contributed by atoms with Gasteiger partial charge in [0.05, 0.1) is 6.04 Å². The van der Waals surface area contributed by atoms with Crippen molar-refractivity contribution in [3.8, 4) is 0 Å². The second-order valence-corrected chi connectivity index (χ2v) is 7.27. The Hall–Kier alpha value is -1.53. The number of ether oxygens (including phenoxy) is 1. The van der Waals surface area contributed by atoms with Crippen molar-refractivity contribution in [2.45, 2.75) is 51.1 Å². The van der Waals surface area contributed by atoms with Crippen molar-refractivity contribution in [2.75, 3.05) is 39.9 Å². The lowest BCUT2D eigenvalue weighted by atomic mass is 9.88. The van der Waals surface area contributed by atoms with Gasteiger partial charge in [0.25, 0.3) is 0 Å². The molecular formula is C19H32N4O2. The van der Waals surface area contributed by atoms with E-state index >= 15 is 0 Å². The molecule has 0 saturated carbocycles. The van der Waals surface area contributed by atoms with E-state index in [2.05, 4.69) is 27.4 Å². The Labute approximate surface area is 151 Å². The van der Waals surface area contributed by atoms with Gasteiger partial charge >= 0.3 is 0 Å². The van der Waals surface area contributed by atoms with Gasteiger partial charge in [-0.3, -0.25) is 9.89 Å². The Morgan fingerprint density at radius 1 is 1.28 bits per heavy atom. The van der Waals surface area contributed by atoms with Crippen LogP contribution in [0.4, 0.5) is 0 Å². The van der Waals surface area contributed by atoms with E-state index < -0.39 is 0 Å². The summed E-state index contributed by atoms with van der Waals surface area (Å²) in [6.07, 6.45) is 4.79. The summed E-state index contributed by atoms with van der Waals surface area (Å²) < 4.78 is 11.3. The Morgan fingerprint density at radius 2 is 2.00 bits per heavy atom. The lowest BCUT2D eigenvalue weighted by Gasteiger charge is -2.45. The van der Waals surface area contributed by atoms with Crippen LogP contribution >= 0.6 is 0 Å². The number of hydrogen-bond donors (Lipinski definition) is 2. The molecule has 1 aromatic rings. The van der Waals surface area contributed by atoms with Crippen LogP contribution in [-0.4, -0.2) is 56.3 Å². The maximum absolute atomic E-state index is 5.72. The van der Waals surface area contributed by atoms with Crippen molar-refractivity contribution < 1.29 is 9.15 Å². The molecule has 2 saturated heterocycles. The van der Waals surface area contributed by atoms with Crippen LogP contribution in [0, 0.1) is 6.92 Å². The van der Waals surface area contributed by atoms with Crippen molar-refractivity contribution in [1.82, 2.24) is 15.5 Å². The number of hydrogen-bond acceptors (Lipinski definition) is 4. The summed E-state index contributed by atoms with van der Waals surface area (Å²) >= 11 is 0. The summed E-state index contributed by atoms with van der Waals surface area (Å²) in [5, 5.41) is 7.00. The minimum absolute atomic E-state index is 0.0809. The molecule has 0 spiro atoms. The van der Waals surface area contributed by atoms with Crippen LogP contribution in [0.2, 0.25) is 0 Å². The molecule has 1 atom stereocenters. The highest BCUT2D eigenvalue weighted by Crippen LogP contribution is 2.30. The molecule has 2 aliphatic rings. The van der Waals surface area contributed by atoms with E-state index in [1.54, 1.807) is 0 Å². The molecule has 3 rings (SSSR count). The van der Waals surface area contributed by atoms with Crippen molar-refractivity contribution in [1.29, 1.82) is 0 Å². The van der Waals surface area contributed by atoms with Gasteiger partial charge in [0.2, 0.25) is 0 Å². The minimum Gasteiger partial charge on any atom is -0.464 e. The Balaban J connectivity index is 1.60. The first-order valence-corrected chi connectivity index (χ1v) is 9.49. The predicted molar refractivity (Wildman–Crippen MR) is 99.9 cm³/mol. The first kappa shape index (κ1) is 18.3. The molecule has 3 heterocycles. The van der Waals surface area contributed by atoms with E-state index in [0.717, 1.165) is 50.1 Å². The number of nitrogens with zero attached hydrogens (tertiary/aromatic N) is 2. The van der Waals surface area contributed by atoms with Crippen LogP contribution in [0.5, 0.6) is 0 Å². The largest absolute Gasteiger partial charge is 0.464 e. The standard InChI is InChI=1S/C19H32N4O2/c1-15-6-7-17(25-15)16(2)22-18(20-3)21-14-19(8-12-24-13-9-19)23-10-4-5-11-23/h6-7,16H,4-5,8-14H2,1-3H3,(H2,20,21,22). The van der Waals surface area contributed by atoms with Crippen LogP contribution in [0.25, 0.3) is 0 Å². The number of aliphatic imine (C=N–C) groups is 1. The number of furan rings is 1. The highest BCUT2D eigenvalue weighted by atomic mass is 16.5. The molecular weight excluding hydrogens is 316 g/mol. The molecule has 6 nitrogen and oxygen atoms in total. The molecule has 0 aliphatic carbocycles. The zero-order valence-corrected chi connectivity index (χ0v) is 15.8. The van der Waals surface area contributed by atoms with E-state index in [1.165, 1.54) is 25.9 Å². The summed E-state index contributed by atoms with van der Waals surface area (Å²) in [7, 11) is 1.82. The second kappa shape index (κ2) is 8.23. The molecule has 25 heavy (non-hydrogen) atoms. The molecule has 140 valence electrons. The van der Waals surface area contributed by atoms with Crippen molar-refractivity contribution >= 4 is 5.96 Å². The number of rotatable bonds is 5. The van der Waals surface area contributed by atoms with Crippen molar-refractivity contribution in [2.24, 2.45) is 4.99 Å². The van der Waals surface area contributed by atoms with Crippen LogP contribution in [-0.2, 0) is 4.74 Å². The zero-order valence-electron chi connectivity index (χ0n) is 15.8. The highest BCUT2D eigenvalue weighted by Gasteiger charge is 2.39. The predicted octanol–water partition coefficient (Wildman–Crippen LogP) is 2.46. The van der Waals surface area contributed by atoms with Crippen LogP contribution in [0.3, 0.4) is 0 Å². The van der Waals surface area contributed by atoms with Gasteiger partial charge in [-0.25, -0.2) is 0 Å². The van der Waals surface area contributed by atoms with Crippen molar-refractivity contribution in [3.63, 3.8) is 0 Å². The second-order valence-electron chi connectivity index (χ2n) is 7.27. The number of aryl methyl sites for hydroxylation is 1. The van der Waals surface area contributed by atoms with Gasteiger partial charge in [-0.05, 0) is 64.8 Å². The summed E-state index contributed by atoms with van der Waals surface area (Å²) in [6.45, 7) is 9.08.